The van der Waals surface area contributed by atoms with E-state index in [9.17, 15) is 9.59 Å². The highest BCUT2D eigenvalue weighted by atomic mass is 16.2. The lowest BCUT2D eigenvalue weighted by atomic mass is 10.1. The fourth-order valence-corrected chi connectivity index (χ4v) is 2.90. The predicted octanol–water partition coefficient (Wildman–Crippen LogP) is 1.27. The molecule has 0 spiro atoms. The number of fused-ring (bicyclic) bond motifs is 1. The van der Waals surface area contributed by atoms with Gasteiger partial charge in [0.25, 0.3) is 0 Å². The third-order valence-corrected chi connectivity index (χ3v) is 4.00. The van der Waals surface area contributed by atoms with Crippen molar-refractivity contribution in [2.24, 2.45) is 11.7 Å². The van der Waals surface area contributed by atoms with E-state index in [4.69, 9.17) is 5.73 Å². The fraction of sp³-hybridized carbons (Fsp3) is 0.294. The number of rotatable bonds is 4. The fourth-order valence-electron chi connectivity index (χ4n) is 2.90. The summed E-state index contributed by atoms with van der Waals surface area (Å²) >= 11 is 0. The highest BCUT2D eigenvalue weighted by Crippen LogP contribution is 2.31. The molecule has 1 unspecified atom stereocenters. The van der Waals surface area contributed by atoms with Crippen LogP contribution in [0.15, 0.2) is 42.5 Å². The van der Waals surface area contributed by atoms with Crippen molar-refractivity contribution >= 4 is 28.3 Å². The summed E-state index contributed by atoms with van der Waals surface area (Å²) in [6.45, 7) is 1.26. The van der Waals surface area contributed by atoms with E-state index in [1.807, 2.05) is 42.5 Å². The van der Waals surface area contributed by atoms with Crippen LogP contribution >= 0.6 is 0 Å². The molecule has 1 heterocycles. The lowest BCUT2D eigenvalue weighted by molar-refractivity contribution is -0.126. The van der Waals surface area contributed by atoms with Crippen LogP contribution in [0.1, 0.15) is 6.42 Å². The quantitative estimate of drug-likeness (QED) is 0.892. The van der Waals surface area contributed by atoms with Crippen molar-refractivity contribution in [3.05, 3.63) is 42.5 Å². The SMILES string of the molecule is NCCNC(=O)C1CC(=O)N(c2cccc3ccccc23)C1. The zero-order valence-corrected chi connectivity index (χ0v) is 12.3. The Kier molecular flexibility index (Phi) is 4.06. The van der Waals surface area contributed by atoms with Crippen LogP contribution in [0.3, 0.4) is 0 Å². The molecule has 5 nitrogen and oxygen atoms in total. The summed E-state index contributed by atoms with van der Waals surface area (Å²) in [7, 11) is 0. The zero-order chi connectivity index (χ0) is 15.5. The Balaban J connectivity index is 1.86. The highest BCUT2D eigenvalue weighted by Gasteiger charge is 2.35. The summed E-state index contributed by atoms with van der Waals surface area (Å²) in [5.74, 6) is -0.413. The molecule has 2 aromatic carbocycles. The maximum atomic E-state index is 12.3. The molecule has 1 saturated heterocycles. The number of nitrogens with one attached hydrogen (secondary N) is 1. The van der Waals surface area contributed by atoms with Crippen LogP contribution in [-0.2, 0) is 9.59 Å². The summed E-state index contributed by atoms with van der Waals surface area (Å²) in [5.41, 5.74) is 6.26. The second kappa shape index (κ2) is 6.15. The van der Waals surface area contributed by atoms with Gasteiger partial charge in [0.1, 0.15) is 0 Å². The molecular formula is C17H19N3O2. The highest BCUT2D eigenvalue weighted by molar-refractivity contribution is 6.06. The molecular weight excluding hydrogens is 278 g/mol. The van der Waals surface area contributed by atoms with Crippen LogP contribution in [0.4, 0.5) is 5.69 Å². The van der Waals surface area contributed by atoms with Gasteiger partial charge in [-0.25, -0.2) is 0 Å². The normalized spacial score (nSPS) is 18.0. The Bertz CT molecular complexity index is 709. The van der Waals surface area contributed by atoms with Gasteiger partial charge in [-0.2, -0.15) is 0 Å². The van der Waals surface area contributed by atoms with Crippen LogP contribution in [-0.4, -0.2) is 31.4 Å². The van der Waals surface area contributed by atoms with Gasteiger partial charge in [0.2, 0.25) is 11.8 Å². The number of nitrogens with two attached hydrogens (primary N) is 1. The van der Waals surface area contributed by atoms with Crippen LogP contribution in [0.2, 0.25) is 0 Å². The van der Waals surface area contributed by atoms with E-state index >= 15 is 0 Å². The van der Waals surface area contributed by atoms with Crippen molar-refractivity contribution in [2.75, 3.05) is 24.5 Å². The minimum atomic E-state index is -0.307. The first-order chi connectivity index (χ1) is 10.7. The Morgan fingerprint density at radius 2 is 2.00 bits per heavy atom. The number of carbonyl (C=O) groups excluding carboxylic acids is 2. The summed E-state index contributed by atoms with van der Waals surface area (Å²) in [4.78, 5) is 26.1. The lowest BCUT2D eigenvalue weighted by Crippen LogP contribution is -2.35. The van der Waals surface area contributed by atoms with E-state index in [0.29, 0.717) is 19.6 Å². The molecule has 2 aromatic rings. The van der Waals surface area contributed by atoms with Crippen molar-refractivity contribution in [3.63, 3.8) is 0 Å². The van der Waals surface area contributed by atoms with Crippen molar-refractivity contribution < 1.29 is 9.59 Å². The van der Waals surface area contributed by atoms with E-state index in [1.165, 1.54) is 0 Å². The molecule has 0 aromatic heterocycles. The van der Waals surface area contributed by atoms with E-state index in [1.54, 1.807) is 4.90 Å². The van der Waals surface area contributed by atoms with E-state index in [-0.39, 0.29) is 24.2 Å². The van der Waals surface area contributed by atoms with Crippen molar-refractivity contribution in [3.8, 4) is 0 Å². The number of anilines is 1. The van der Waals surface area contributed by atoms with Crippen LogP contribution in [0, 0.1) is 5.92 Å². The molecule has 22 heavy (non-hydrogen) atoms. The average Bonchev–Trinajstić information content (AvgIpc) is 2.94. The summed E-state index contributed by atoms with van der Waals surface area (Å²) in [5, 5.41) is 4.88. The maximum absolute atomic E-state index is 12.3. The maximum Gasteiger partial charge on any atom is 0.227 e. The van der Waals surface area contributed by atoms with Gasteiger partial charge in [0.05, 0.1) is 11.6 Å². The molecule has 1 aliphatic rings. The third kappa shape index (κ3) is 2.67. The molecule has 1 atom stereocenters. The van der Waals surface area contributed by atoms with Crippen LogP contribution in [0.25, 0.3) is 10.8 Å². The first-order valence-electron chi connectivity index (χ1n) is 7.46. The molecule has 2 amide bonds. The second-order valence-corrected chi connectivity index (χ2v) is 5.48. The van der Waals surface area contributed by atoms with Crippen molar-refractivity contribution in [1.29, 1.82) is 0 Å². The van der Waals surface area contributed by atoms with Crippen LogP contribution < -0.4 is 16.0 Å². The van der Waals surface area contributed by atoms with Crippen molar-refractivity contribution in [2.45, 2.75) is 6.42 Å². The third-order valence-electron chi connectivity index (χ3n) is 4.00. The Hall–Kier alpha value is -2.40. The molecule has 1 fully saturated rings. The largest absolute Gasteiger partial charge is 0.355 e. The molecule has 3 N–H and O–H groups in total. The number of amides is 2. The molecule has 114 valence electrons. The summed E-state index contributed by atoms with van der Waals surface area (Å²) in [6, 6.07) is 13.8. The first kappa shape index (κ1) is 14.5. The van der Waals surface area contributed by atoms with Crippen LogP contribution in [0.5, 0.6) is 0 Å². The Morgan fingerprint density at radius 1 is 1.23 bits per heavy atom. The first-order valence-corrected chi connectivity index (χ1v) is 7.46. The average molecular weight is 297 g/mol. The summed E-state index contributed by atoms with van der Waals surface area (Å²) in [6.07, 6.45) is 0.250. The minimum Gasteiger partial charge on any atom is -0.355 e. The lowest BCUT2D eigenvalue weighted by Gasteiger charge is -2.19. The van der Waals surface area contributed by atoms with Gasteiger partial charge in [-0.15, -0.1) is 0 Å². The van der Waals surface area contributed by atoms with Gasteiger partial charge in [-0.05, 0) is 11.5 Å². The number of benzene rings is 2. The number of hydrogen-bond acceptors (Lipinski definition) is 3. The minimum absolute atomic E-state index is 0.00995. The zero-order valence-electron chi connectivity index (χ0n) is 12.3. The van der Waals surface area contributed by atoms with Gasteiger partial charge in [0.15, 0.2) is 0 Å². The topological polar surface area (TPSA) is 75.4 Å². The van der Waals surface area contributed by atoms with Crippen molar-refractivity contribution in [1.82, 2.24) is 5.32 Å². The number of carbonyl (C=O) groups is 2. The second-order valence-electron chi connectivity index (χ2n) is 5.48. The molecule has 5 heteroatoms. The monoisotopic (exact) mass is 297 g/mol. The summed E-state index contributed by atoms with van der Waals surface area (Å²) < 4.78 is 0. The van der Waals surface area contributed by atoms with E-state index < -0.39 is 0 Å². The molecule has 1 aliphatic heterocycles. The van der Waals surface area contributed by atoms with E-state index in [0.717, 1.165) is 16.5 Å². The van der Waals surface area contributed by atoms with Gasteiger partial charge < -0.3 is 16.0 Å². The molecule has 3 rings (SSSR count). The molecule has 0 bridgehead atoms. The number of nitrogens with zero attached hydrogens (tertiary/aromatic N) is 1. The Morgan fingerprint density at radius 3 is 2.82 bits per heavy atom. The molecule has 0 radical (unpaired) electrons. The molecule has 0 aliphatic carbocycles. The van der Waals surface area contributed by atoms with Gasteiger partial charge in [-0.1, -0.05) is 36.4 Å². The predicted molar refractivity (Wildman–Crippen MR) is 86.5 cm³/mol. The smallest absolute Gasteiger partial charge is 0.227 e. The standard InChI is InChI=1S/C17H19N3O2/c18-8-9-19-17(22)13-10-16(21)20(11-13)15-7-3-5-12-4-1-2-6-14(12)15/h1-7,13H,8-11,18H2,(H,19,22). The van der Waals surface area contributed by atoms with Gasteiger partial charge >= 0.3 is 0 Å². The number of hydrogen-bond donors (Lipinski definition) is 2. The van der Waals surface area contributed by atoms with E-state index in [2.05, 4.69) is 5.32 Å². The molecule has 0 saturated carbocycles. The van der Waals surface area contributed by atoms with Gasteiger partial charge in [0, 0.05) is 31.4 Å². The Labute approximate surface area is 129 Å². The van der Waals surface area contributed by atoms with Gasteiger partial charge in [-0.3, -0.25) is 9.59 Å².